The maximum atomic E-state index is 10.3. The van der Waals surface area contributed by atoms with Crippen LogP contribution in [0.5, 0.6) is 0 Å². The van der Waals surface area contributed by atoms with E-state index in [0.717, 1.165) is 12.7 Å². The van der Waals surface area contributed by atoms with Gasteiger partial charge in [0.15, 0.2) is 0 Å². The van der Waals surface area contributed by atoms with E-state index in [1.165, 1.54) is 11.1 Å². The van der Waals surface area contributed by atoms with Crippen LogP contribution in [0.15, 0.2) is 24.3 Å². The molecule has 0 aromatic heterocycles. The molecule has 1 aliphatic rings. The number of rotatable bonds is 1. The van der Waals surface area contributed by atoms with Gasteiger partial charge < -0.3 is 4.79 Å². The summed E-state index contributed by atoms with van der Waals surface area (Å²) < 4.78 is 0. The lowest BCUT2D eigenvalue weighted by Crippen LogP contribution is -2.17. The molecule has 50 valence electrons. The predicted octanol–water partition coefficient (Wildman–Crippen LogP) is 1.53. The zero-order valence-electron chi connectivity index (χ0n) is 5.58. The molecule has 1 nitrogen and oxygen atoms in total. The molecule has 0 amide bonds. The van der Waals surface area contributed by atoms with Crippen LogP contribution in [-0.2, 0) is 11.2 Å². The molecule has 10 heavy (non-hydrogen) atoms. The van der Waals surface area contributed by atoms with E-state index in [1.54, 1.807) is 0 Å². The molecule has 0 heterocycles. The number of benzene rings is 1. The van der Waals surface area contributed by atoms with Gasteiger partial charge in [-0.2, -0.15) is 0 Å². The van der Waals surface area contributed by atoms with Gasteiger partial charge in [0.1, 0.15) is 6.29 Å². The van der Waals surface area contributed by atoms with Crippen LogP contribution in [0.25, 0.3) is 0 Å². The maximum absolute atomic E-state index is 10.3. The van der Waals surface area contributed by atoms with Crippen LogP contribution < -0.4 is 0 Å². The molecule has 0 fully saturated rings. The Morgan fingerprint density at radius 2 is 2.20 bits per heavy atom. The molecule has 2 rings (SSSR count). The molecule has 1 aliphatic carbocycles. The molecule has 0 unspecified atom stereocenters. The summed E-state index contributed by atoms with van der Waals surface area (Å²) in [7, 11) is 0. The van der Waals surface area contributed by atoms with Gasteiger partial charge in [0, 0.05) is 5.92 Å². The van der Waals surface area contributed by atoms with Crippen LogP contribution in [-0.4, -0.2) is 6.29 Å². The number of fused-ring (bicyclic) bond motifs is 1. The molecule has 0 aliphatic heterocycles. The van der Waals surface area contributed by atoms with Gasteiger partial charge >= 0.3 is 0 Å². The van der Waals surface area contributed by atoms with Gasteiger partial charge in [-0.1, -0.05) is 24.3 Å². The zero-order valence-corrected chi connectivity index (χ0v) is 5.58. The molecule has 0 bridgehead atoms. The van der Waals surface area contributed by atoms with E-state index >= 15 is 0 Å². The summed E-state index contributed by atoms with van der Waals surface area (Å²) in [6.45, 7) is 0. The van der Waals surface area contributed by atoms with Crippen LogP contribution >= 0.6 is 0 Å². The molecule has 0 saturated carbocycles. The zero-order chi connectivity index (χ0) is 6.97. The van der Waals surface area contributed by atoms with Crippen LogP contribution in [0.2, 0.25) is 0 Å². The van der Waals surface area contributed by atoms with Crippen LogP contribution in [0.3, 0.4) is 0 Å². The Kier molecular flexibility index (Phi) is 1.10. The lowest BCUT2D eigenvalue weighted by molar-refractivity contribution is -0.109. The minimum absolute atomic E-state index is 0.191. The average Bonchev–Trinajstić information content (AvgIpc) is 1.92. The van der Waals surface area contributed by atoms with Crippen LogP contribution in [0.4, 0.5) is 0 Å². The second-order valence-electron chi connectivity index (χ2n) is 2.65. The molecule has 1 heteroatoms. The van der Waals surface area contributed by atoms with Crippen molar-refractivity contribution >= 4 is 6.29 Å². The first kappa shape index (κ1) is 5.66. The summed E-state index contributed by atoms with van der Waals surface area (Å²) in [6.07, 6.45) is 1.97. The Hall–Kier alpha value is -1.11. The van der Waals surface area contributed by atoms with E-state index in [1.807, 2.05) is 18.2 Å². The number of carbonyl (C=O) groups is 1. The van der Waals surface area contributed by atoms with Crippen molar-refractivity contribution in [2.75, 3.05) is 0 Å². The minimum atomic E-state index is 0.191. The van der Waals surface area contributed by atoms with Gasteiger partial charge in [0.05, 0.1) is 0 Å². The highest BCUT2D eigenvalue weighted by atomic mass is 16.1. The first-order valence-electron chi connectivity index (χ1n) is 3.45. The van der Waals surface area contributed by atoms with E-state index in [4.69, 9.17) is 0 Å². The Labute approximate surface area is 59.7 Å². The topological polar surface area (TPSA) is 17.1 Å². The fraction of sp³-hybridized carbons (Fsp3) is 0.222. The molecule has 1 aromatic carbocycles. The van der Waals surface area contributed by atoms with Crippen LogP contribution in [0.1, 0.15) is 17.0 Å². The first-order chi connectivity index (χ1) is 4.92. The van der Waals surface area contributed by atoms with Crippen molar-refractivity contribution < 1.29 is 4.79 Å². The fourth-order valence-corrected chi connectivity index (χ4v) is 1.42. The van der Waals surface area contributed by atoms with E-state index in [0.29, 0.717) is 0 Å². The normalized spacial score (nSPS) is 21.0. The summed E-state index contributed by atoms with van der Waals surface area (Å²) in [5.74, 6) is 0.191. The van der Waals surface area contributed by atoms with Crippen molar-refractivity contribution in [2.45, 2.75) is 12.3 Å². The van der Waals surface area contributed by atoms with Gasteiger partial charge in [-0.25, -0.2) is 0 Å². The second-order valence-corrected chi connectivity index (χ2v) is 2.65. The van der Waals surface area contributed by atoms with Crippen molar-refractivity contribution in [3.63, 3.8) is 0 Å². The Morgan fingerprint density at radius 3 is 2.90 bits per heavy atom. The minimum Gasteiger partial charge on any atom is -0.303 e. The van der Waals surface area contributed by atoms with Crippen molar-refractivity contribution in [2.24, 2.45) is 0 Å². The van der Waals surface area contributed by atoms with Gasteiger partial charge in [-0.05, 0) is 17.5 Å². The number of aldehydes is 1. The summed E-state index contributed by atoms with van der Waals surface area (Å²) in [4.78, 5) is 10.3. The maximum Gasteiger partial charge on any atom is 0.127 e. The van der Waals surface area contributed by atoms with E-state index in [-0.39, 0.29) is 5.92 Å². The van der Waals surface area contributed by atoms with Gasteiger partial charge in [-0.15, -0.1) is 0 Å². The number of hydrogen-bond acceptors (Lipinski definition) is 1. The first-order valence-corrected chi connectivity index (χ1v) is 3.45. The van der Waals surface area contributed by atoms with E-state index < -0.39 is 0 Å². The van der Waals surface area contributed by atoms with Crippen molar-refractivity contribution in [3.8, 4) is 0 Å². The smallest absolute Gasteiger partial charge is 0.127 e. The summed E-state index contributed by atoms with van der Waals surface area (Å²) in [6, 6.07) is 8.10. The largest absolute Gasteiger partial charge is 0.303 e. The highest BCUT2D eigenvalue weighted by Gasteiger charge is 2.23. The molecular formula is C9H8O. The van der Waals surface area contributed by atoms with Crippen LogP contribution in [0, 0.1) is 0 Å². The molecule has 1 aromatic rings. The summed E-state index contributed by atoms with van der Waals surface area (Å²) in [5.41, 5.74) is 2.55. The predicted molar refractivity (Wildman–Crippen MR) is 39.0 cm³/mol. The van der Waals surface area contributed by atoms with Gasteiger partial charge in [0.25, 0.3) is 0 Å². The van der Waals surface area contributed by atoms with Gasteiger partial charge in [0.2, 0.25) is 0 Å². The van der Waals surface area contributed by atoms with Crippen molar-refractivity contribution in [3.05, 3.63) is 35.4 Å². The molecular weight excluding hydrogens is 124 g/mol. The Morgan fingerprint density at radius 1 is 1.40 bits per heavy atom. The molecule has 1 atom stereocenters. The molecule has 0 radical (unpaired) electrons. The fourth-order valence-electron chi connectivity index (χ4n) is 1.42. The Balaban J connectivity index is 2.42. The second kappa shape index (κ2) is 1.94. The molecule has 0 spiro atoms. The number of carbonyl (C=O) groups excluding carboxylic acids is 1. The lowest BCUT2D eigenvalue weighted by atomic mass is 9.79. The SMILES string of the molecule is O=C[C@H]1Cc2ccccc21. The van der Waals surface area contributed by atoms with Gasteiger partial charge in [-0.3, -0.25) is 0 Å². The third kappa shape index (κ3) is 0.604. The number of hydrogen-bond donors (Lipinski definition) is 0. The lowest BCUT2D eigenvalue weighted by Gasteiger charge is -2.24. The van der Waals surface area contributed by atoms with E-state index in [2.05, 4.69) is 6.07 Å². The third-order valence-electron chi connectivity index (χ3n) is 2.06. The Bertz CT molecular complexity index is 265. The molecule has 0 saturated heterocycles. The monoisotopic (exact) mass is 132 g/mol. The highest BCUT2D eigenvalue weighted by Crippen LogP contribution is 2.32. The quantitative estimate of drug-likeness (QED) is 0.529. The summed E-state index contributed by atoms with van der Waals surface area (Å²) in [5, 5.41) is 0. The third-order valence-corrected chi connectivity index (χ3v) is 2.06. The molecule has 0 N–H and O–H groups in total. The van der Waals surface area contributed by atoms with E-state index in [9.17, 15) is 4.79 Å². The summed E-state index contributed by atoms with van der Waals surface area (Å²) >= 11 is 0. The van der Waals surface area contributed by atoms with Crippen molar-refractivity contribution in [1.29, 1.82) is 0 Å². The average molecular weight is 132 g/mol. The highest BCUT2D eigenvalue weighted by molar-refractivity contribution is 5.68. The standard InChI is InChI=1S/C9H8O/c10-6-8-5-7-3-1-2-4-9(7)8/h1-4,6,8H,5H2/t8-/m1/s1. The van der Waals surface area contributed by atoms with Crippen molar-refractivity contribution in [1.82, 2.24) is 0 Å².